The summed E-state index contributed by atoms with van der Waals surface area (Å²) in [4.78, 5) is 24.3. The van der Waals surface area contributed by atoms with Gasteiger partial charge in [-0.15, -0.1) is 0 Å². The van der Waals surface area contributed by atoms with Crippen molar-refractivity contribution >= 4 is 17.8 Å². The minimum atomic E-state index is -0.266. The zero-order valence-corrected chi connectivity index (χ0v) is 22.9. The molecule has 6 heteroatoms. The summed E-state index contributed by atoms with van der Waals surface area (Å²) in [5.74, 6) is 0.501. The number of allylic oxidation sites excluding steroid dienone is 1. The average Bonchev–Trinajstić information content (AvgIpc) is 2.89. The second-order valence-electron chi connectivity index (χ2n) is 8.47. The largest absolute Gasteiger partial charge is 1.00 e. The Labute approximate surface area is 231 Å². The van der Waals surface area contributed by atoms with Gasteiger partial charge in [-0.2, -0.15) is 0 Å². The number of carbonyl (C=O) groups excluding carboxylic acids is 2. The van der Waals surface area contributed by atoms with E-state index in [9.17, 15) is 9.59 Å². The first-order valence-electron chi connectivity index (χ1n) is 12.3. The number of ether oxygens (including phenoxy) is 2. The van der Waals surface area contributed by atoms with Gasteiger partial charge in [-0.25, -0.2) is 9.36 Å². The lowest BCUT2D eigenvalue weighted by molar-refractivity contribution is -0.671. The van der Waals surface area contributed by atoms with Crippen LogP contribution in [0.5, 0.6) is 5.75 Å². The van der Waals surface area contributed by atoms with Gasteiger partial charge < -0.3 is 33.5 Å². The molecule has 3 rings (SSSR count). The number of hydrogen-bond donors (Lipinski definition) is 0. The molecule has 0 aliphatic heterocycles. The quantitative estimate of drug-likeness (QED) is 0.0715. The highest BCUT2D eigenvalue weighted by Gasteiger charge is 2.10. The average molecular weight is 600 g/mol. The van der Waals surface area contributed by atoms with Crippen molar-refractivity contribution in [2.45, 2.75) is 38.5 Å². The molecule has 5 nitrogen and oxygen atoms in total. The molecular formula is C30H34INO4. The highest BCUT2D eigenvalue weighted by molar-refractivity contribution is 6.06. The number of hydrogen-bond acceptors (Lipinski definition) is 4. The molecule has 0 saturated heterocycles. The highest BCUT2D eigenvalue weighted by Crippen LogP contribution is 2.20. The SMILES string of the molecule is C[n+]1cccc(C(=O)OCCCCCCCCOc2ccccc2/C=C/C(=O)c2ccccc2)c1.[I-]. The van der Waals surface area contributed by atoms with Crippen LogP contribution in [0.3, 0.4) is 0 Å². The summed E-state index contributed by atoms with van der Waals surface area (Å²) >= 11 is 0. The number of pyridine rings is 1. The van der Waals surface area contributed by atoms with Crippen molar-refractivity contribution in [1.29, 1.82) is 0 Å². The standard InChI is InChI=1S/C30H34NO4.HI/c1-31-21-13-17-27(24-31)30(33)35-23-12-5-3-2-4-11-22-34-29-18-10-9-16-26(29)19-20-28(32)25-14-7-6-8-15-25;/h6-10,13-21,24H,2-5,11-12,22-23H2,1H3;1H/q+1;/p-1/b20-19+;. The van der Waals surface area contributed by atoms with Crippen LogP contribution in [-0.2, 0) is 11.8 Å². The molecule has 0 radical (unpaired) electrons. The van der Waals surface area contributed by atoms with Gasteiger partial charge in [0.25, 0.3) is 0 Å². The zero-order valence-electron chi connectivity index (χ0n) is 20.8. The maximum absolute atomic E-state index is 12.3. The lowest BCUT2D eigenvalue weighted by Gasteiger charge is -2.09. The molecular weight excluding hydrogens is 565 g/mol. The van der Waals surface area contributed by atoms with Gasteiger partial charge >= 0.3 is 5.97 Å². The molecule has 0 N–H and O–H groups in total. The Kier molecular flexibility index (Phi) is 13.5. The van der Waals surface area contributed by atoms with Crippen LogP contribution in [0.25, 0.3) is 6.08 Å². The first-order chi connectivity index (χ1) is 17.1. The highest BCUT2D eigenvalue weighted by atomic mass is 127. The fourth-order valence-electron chi connectivity index (χ4n) is 3.66. The van der Waals surface area contributed by atoms with Crippen LogP contribution < -0.4 is 33.3 Å². The molecule has 1 heterocycles. The number of unbranched alkanes of at least 4 members (excludes halogenated alkanes) is 5. The van der Waals surface area contributed by atoms with Crippen molar-refractivity contribution in [3.8, 4) is 5.75 Å². The van der Waals surface area contributed by atoms with E-state index < -0.39 is 0 Å². The van der Waals surface area contributed by atoms with Gasteiger partial charge in [-0.3, -0.25) is 4.79 Å². The number of aryl methyl sites for hydroxylation is 1. The summed E-state index contributed by atoms with van der Waals surface area (Å²) in [6.45, 7) is 1.10. The number of carbonyl (C=O) groups is 2. The number of ketones is 1. The topological polar surface area (TPSA) is 56.5 Å². The van der Waals surface area contributed by atoms with Gasteiger partial charge in [-0.1, -0.05) is 74.2 Å². The maximum atomic E-state index is 12.3. The number of aromatic nitrogens is 1. The number of esters is 1. The van der Waals surface area contributed by atoms with E-state index in [-0.39, 0.29) is 35.7 Å². The molecule has 0 spiro atoms. The first-order valence-corrected chi connectivity index (χ1v) is 12.3. The summed E-state index contributed by atoms with van der Waals surface area (Å²) in [6.07, 6.45) is 13.3. The molecule has 36 heavy (non-hydrogen) atoms. The second kappa shape index (κ2) is 16.6. The van der Waals surface area contributed by atoms with Crippen LogP contribution in [0.15, 0.2) is 85.2 Å². The van der Waals surface area contributed by atoms with Crippen LogP contribution in [0, 0.1) is 0 Å². The molecule has 2 aromatic carbocycles. The summed E-state index contributed by atoms with van der Waals surface area (Å²) in [5, 5.41) is 0. The summed E-state index contributed by atoms with van der Waals surface area (Å²) < 4.78 is 13.2. The van der Waals surface area contributed by atoms with E-state index in [1.165, 1.54) is 0 Å². The molecule has 0 amide bonds. The summed E-state index contributed by atoms with van der Waals surface area (Å²) in [7, 11) is 1.88. The van der Waals surface area contributed by atoms with Crippen molar-refractivity contribution < 1.29 is 47.6 Å². The second-order valence-corrected chi connectivity index (χ2v) is 8.47. The van der Waals surface area contributed by atoms with E-state index >= 15 is 0 Å². The number of para-hydroxylation sites is 1. The van der Waals surface area contributed by atoms with E-state index in [2.05, 4.69) is 0 Å². The molecule has 0 aliphatic rings. The fraction of sp³-hybridized carbons (Fsp3) is 0.300. The van der Waals surface area contributed by atoms with Gasteiger partial charge in [0.2, 0.25) is 0 Å². The van der Waals surface area contributed by atoms with Crippen LogP contribution in [0.2, 0.25) is 0 Å². The van der Waals surface area contributed by atoms with Crippen molar-refractivity contribution in [3.05, 3.63) is 102 Å². The molecule has 0 saturated carbocycles. The van der Waals surface area contributed by atoms with Gasteiger partial charge in [0.1, 0.15) is 18.4 Å². The number of nitrogens with zero attached hydrogens (tertiary/aromatic N) is 1. The minimum Gasteiger partial charge on any atom is -1.00 e. The van der Waals surface area contributed by atoms with Gasteiger partial charge in [0, 0.05) is 17.2 Å². The Balaban J connectivity index is 0.00000456. The third kappa shape index (κ3) is 10.3. The van der Waals surface area contributed by atoms with Crippen molar-refractivity contribution in [1.82, 2.24) is 0 Å². The predicted molar refractivity (Wildman–Crippen MR) is 137 cm³/mol. The maximum Gasteiger partial charge on any atom is 0.344 e. The lowest BCUT2D eigenvalue weighted by atomic mass is 10.1. The molecule has 0 fully saturated rings. The van der Waals surface area contributed by atoms with E-state index in [1.807, 2.05) is 84.6 Å². The fourth-order valence-corrected chi connectivity index (χ4v) is 3.66. The molecule has 190 valence electrons. The normalized spacial score (nSPS) is 10.6. The first kappa shape index (κ1) is 29.2. The van der Waals surface area contributed by atoms with E-state index in [0.29, 0.717) is 24.3 Å². The Morgan fingerprint density at radius 1 is 0.778 bits per heavy atom. The zero-order chi connectivity index (χ0) is 24.7. The van der Waals surface area contributed by atoms with Gasteiger partial charge in [0.15, 0.2) is 18.2 Å². The van der Waals surface area contributed by atoms with Gasteiger partial charge in [-0.05, 0) is 37.1 Å². The molecule has 0 atom stereocenters. The lowest BCUT2D eigenvalue weighted by Crippen LogP contribution is -3.00. The number of halogens is 1. The Morgan fingerprint density at radius 3 is 2.17 bits per heavy atom. The minimum absolute atomic E-state index is 0. The monoisotopic (exact) mass is 599 g/mol. The third-order valence-corrected chi connectivity index (χ3v) is 5.60. The third-order valence-electron chi connectivity index (χ3n) is 5.60. The molecule has 1 aromatic heterocycles. The molecule has 0 bridgehead atoms. The predicted octanol–water partition coefficient (Wildman–Crippen LogP) is 2.99. The number of benzene rings is 2. The number of rotatable bonds is 14. The van der Waals surface area contributed by atoms with Crippen LogP contribution in [-0.4, -0.2) is 25.0 Å². The van der Waals surface area contributed by atoms with Crippen molar-refractivity contribution in [2.24, 2.45) is 7.05 Å². The van der Waals surface area contributed by atoms with Crippen molar-refractivity contribution in [2.75, 3.05) is 13.2 Å². The Morgan fingerprint density at radius 2 is 1.42 bits per heavy atom. The van der Waals surface area contributed by atoms with Crippen LogP contribution in [0.1, 0.15) is 64.8 Å². The smallest absolute Gasteiger partial charge is 0.344 e. The Hall–Kier alpha value is -3.00. The summed E-state index contributed by atoms with van der Waals surface area (Å²) in [5.41, 5.74) is 2.15. The van der Waals surface area contributed by atoms with Crippen molar-refractivity contribution in [3.63, 3.8) is 0 Å². The van der Waals surface area contributed by atoms with Crippen LogP contribution >= 0.6 is 0 Å². The molecule has 0 aliphatic carbocycles. The molecule has 3 aromatic rings. The van der Waals surface area contributed by atoms with E-state index in [1.54, 1.807) is 18.3 Å². The van der Waals surface area contributed by atoms with E-state index in [4.69, 9.17) is 9.47 Å². The molecule has 0 unspecified atom stereocenters. The van der Waals surface area contributed by atoms with E-state index in [0.717, 1.165) is 49.8 Å². The van der Waals surface area contributed by atoms with Gasteiger partial charge in [0.05, 0.1) is 13.2 Å². The van der Waals surface area contributed by atoms with Crippen LogP contribution in [0.4, 0.5) is 0 Å². The summed E-state index contributed by atoms with van der Waals surface area (Å²) in [6, 6.07) is 20.6. The Bertz CT molecular complexity index is 1110.